The second-order valence-electron chi connectivity index (χ2n) is 9.86. The smallest absolute Gasteiger partial charge is 0.319 e. The van der Waals surface area contributed by atoms with Crippen LogP contribution in [-0.2, 0) is 4.74 Å². The maximum Gasteiger partial charge on any atom is 0.319 e. The molecular weight excluding hydrogens is 484 g/mol. The average molecular weight is 514 g/mol. The average Bonchev–Trinajstić information content (AvgIpc) is 3.68. The molecule has 6 heterocycles. The van der Waals surface area contributed by atoms with E-state index >= 15 is 0 Å². The number of aromatic nitrogens is 5. The van der Waals surface area contributed by atoms with Crippen molar-refractivity contribution in [2.45, 2.75) is 50.0 Å². The van der Waals surface area contributed by atoms with Crippen LogP contribution in [0.25, 0.3) is 11.0 Å². The van der Waals surface area contributed by atoms with Gasteiger partial charge in [0.25, 0.3) is 5.91 Å². The van der Waals surface area contributed by atoms with E-state index in [1.54, 1.807) is 12.3 Å². The molecule has 3 saturated heterocycles. The summed E-state index contributed by atoms with van der Waals surface area (Å²) in [6, 6.07) is 5.59. The van der Waals surface area contributed by atoms with Crippen molar-refractivity contribution in [3.8, 4) is 6.01 Å². The highest BCUT2D eigenvalue weighted by Crippen LogP contribution is 2.33. The van der Waals surface area contributed by atoms with Crippen molar-refractivity contribution < 1.29 is 23.0 Å². The minimum Gasteiger partial charge on any atom is -0.461 e. The summed E-state index contributed by atoms with van der Waals surface area (Å²) in [6.07, 6.45) is 1.88. The molecule has 12 heteroatoms. The van der Waals surface area contributed by atoms with Gasteiger partial charge < -0.3 is 19.3 Å². The lowest BCUT2D eigenvalue weighted by Gasteiger charge is -2.32. The number of halogens is 2. The molecule has 0 unspecified atom stereocenters. The first-order chi connectivity index (χ1) is 18.0. The van der Waals surface area contributed by atoms with E-state index in [1.807, 2.05) is 12.1 Å². The van der Waals surface area contributed by atoms with E-state index < -0.39 is 18.3 Å². The third kappa shape index (κ3) is 4.94. The zero-order valence-electron chi connectivity index (χ0n) is 20.4. The number of fused-ring (bicyclic) bond motifs is 1. The van der Waals surface area contributed by atoms with Gasteiger partial charge in [0.05, 0.1) is 19.2 Å². The molecule has 37 heavy (non-hydrogen) atoms. The first-order valence-electron chi connectivity index (χ1n) is 12.8. The fourth-order valence-corrected chi connectivity index (χ4v) is 5.32. The number of anilines is 1. The molecule has 196 valence electrons. The van der Waals surface area contributed by atoms with E-state index in [4.69, 9.17) is 9.47 Å². The Labute approximate surface area is 212 Å². The minimum atomic E-state index is -1.69. The molecule has 3 fully saturated rings. The highest BCUT2D eigenvalue weighted by molar-refractivity contribution is 5.93. The SMILES string of the molecule is O=C(c1cc(N2CCC(c3[nH]nc4ncccc34)CC2)nc(OC[C@H]2CCCO2)n1)N1C[C@H](F)[C@@H](F)C1. The predicted octanol–water partition coefficient (Wildman–Crippen LogP) is 2.82. The van der Waals surface area contributed by atoms with Crippen LogP contribution in [0.3, 0.4) is 0 Å². The second kappa shape index (κ2) is 10.2. The Morgan fingerprint density at radius 2 is 1.97 bits per heavy atom. The number of nitrogens with zero attached hydrogens (tertiary/aromatic N) is 6. The molecule has 3 aliphatic heterocycles. The van der Waals surface area contributed by atoms with Crippen molar-refractivity contribution in [3.05, 3.63) is 35.8 Å². The van der Waals surface area contributed by atoms with Crippen LogP contribution in [0.2, 0.25) is 0 Å². The van der Waals surface area contributed by atoms with Crippen molar-refractivity contribution >= 4 is 22.8 Å². The summed E-state index contributed by atoms with van der Waals surface area (Å²) in [6.45, 7) is 1.80. The predicted molar refractivity (Wildman–Crippen MR) is 130 cm³/mol. The molecule has 6 rings (SSSR count). The van der Waals surface area contributed by atoms with E-state index in [-0.39, 0.29) is 43.4 Å². The van der Waals surface area contributed by atoms with Gasteiger partial charge in [-0.1, -0.05) is 0 Å². The van der Waals surface area contributed by atoms with Crippen LogP contribution in [0.1, 0.15) is 47.8 Å². The molecule has 0 radical (unpaired) electrons. The number of carbonyl (C=O) groups excluding carboxylic acids is 1. The lowest BCUT2D eigenvalue weighted by atomic mass is 9.92. The molecule has 1 amide bonds. The van der Waals surface area contributed by atoms with E-state index in [0.29, 0.717) is 31.2 Å². The first-order valence-corrected chi connectivity index (χ1v) is 12.8. The number of carbonyl (C=O) groups is 1. The summed E-state index contributed by atoms with van der Waals surface area (Å²) < 4.78 is 39.0. The Morgan fingerprint density at radius 3 is 2.73 bits per heavy atom. The number of H-pyrrole nitrogens is 1. The lowest BCUT2D eigenvalue weighted by molar-refractivity contribution is 0.0640. The summed E-state index contributed by atoms with van der Waals surface area (Å²) in [5, 5.41) is 8.51. The van der Waals surface area contributed by atoms with Gasteiger partial charge in [0.2, 0.25) is 0 Å². The number of nitrogens with one attached hydrogen (secondary N) is 1. The van der Waals surface area contributed by atoms with Crippen LogP contribution < -0.4 is 9.64 Å². The number of piperidine rings is 1. The van der Waals surface area contributed by atoms with Gasteiger partial charge in [-0.25, -0.2) is 13.8 Å². The van der Waals surface area contributed by atoms with E-state index in [1.165, 1.54) is 0 Å². The number of aromatic amines is 1. The van der Waals surface area contributed by atoms with E-state index in [2.05, 4.69) is 30.0 Å². The van der Waals surface area contributed by atoms with Crippen molar-refractivity contribution in [3.63, 3.8) is 0 Å². The van der Waals surface area contributed by atoms with Crippen LogP contribution >= 0.6 is 0 Å². The molecule has 3 aliphatic rings. The van der Waals surface area contributed by atoms with Crippen molar-refractivity contribution in [2.24, 2.45) is 0 Å². The second-order valence-corrected chi connectivity index (χ2v) is 9.86. The zero-order chi connectivity index (χ0) is 25.4. The van der Waals surface area contributed by atoms with Crippen LogP contribution in [0.15, 0.2) is 24.4 Å². The highest BCUT2D eigenvalue weighted by Gasteiger charge is 2.37. The van der Waals surface area contributed by atoms with Crippen LogP contribution in [0, 0.1) is 0 Å². The van der Waals surface area contributed by atoms with E-state index in [0.717, 1.165) is 41.7 Å². The van der Waals surface area contributed by atoms with Gasteiger partial charge in [-0.05, 0) is 37.8 Å². The molecule has 3 aromatic heterocycles. The summed E-state index contributed by atoms with van der Waals surface area (Å²) in [4.78, 5) is 29.5. The molecule has 0 aromatic carbocycles. The normalized spacial score (nSPS) is 24.8. The minimum absolute atomic E-state index is 0.0426. The summed E-state index contributed by atoms with van der Waals surface area (Å²) in [7, 11) is 0. The zero-order valence-corrected chi connectivity index (χ0v) is 20.4. The Hall–Kier alpha value is -3.41. The van der Waals surface area contributed by atoms with E-state index in [9.17, 15) is 13.6 Å². The largest absolute Gasteiger partial charge is 0.461 e. The summed E-state index contributed by atoms with van der Waals surface area (Å²) >= 11 is 0. The quantitative estimate of drug-likeness (QED) is 0.536. The third-order valence-electron chi connectivity index (χ3n) is 7.39. The Kier molecular flexibility index (Phi) is 6.58. The molecule has 0 bridgehead atoms. The van der Waals surface area contributed by atoms with Crippen molar-refractivity contribution in [1.29, 1.82) is 0 Å². The molecule has 3 atom stereocenters. The third-order valence-corrected chi connectivity index (χ3v) is 7.39. The molecule has 1 N–H and O–H groups in total. The van der Waals surface area contributed by atoms with Gasteiger partial charge in [-0.15, -0.1) is 0 Å². The molecule has 0 saturated carbocycles. The Bertz CT molecular complexity index is 1250. The molecular formula is C25H29F2N7O3. The number of alkyl halides is 2. The fourth-order valence-electron chi connectivity index (χ4n) is 5.32. The fraction of sp³-hybridized carbons (Fsp3) is 0.560. The summed E-state index contributed by atoms with van der Waals surface area (Å²) in [5.41, 5.74) is 1.86. The monoisotopic (exact) mass is 513 g/mol. The lowest BCUT2D eigenvalue weighted by Crippen LogP contribution is -2.35. The van der Waals surface area contributed by atoms with Crippen LogP contribution in [0.4, 0.5) is 14.6 Å². The molecule has 3 aromatic rings. The highest BCUT2D eigenvalue weighted by atomic mass is 19.2. The van der Waals surface area contributed by atoms with Crippen LogP contribution in [0.5, 0.6) is 6.01 Å². The number of pyridine rings is 1. The summed E-state index contributed by atoms with van der Waals surface area (Å²) in [5.74, 6) is 0.319. The van der Waals surface area contributed by atoms with Gasteiger partial charge in [-0.2, -0.15) is 15.1 Å². The molecule has 0 aliphatic carbocycles. The van der Waals surface area contributed by atoms with Gasteiger partial charge in [-0.3, -0.25) is 9.89 Å². The maximum atomic E-state index is 13.8. The standard InChI is InChI=1S/C25H29F2N7O3/c26-18-12-34(13-19(18)27)24(35)20-11-21(30-25(29-20)37-14-16-3-2-10-36-16)33-8-5-15(6-9-33)22-17-4-1-7-28-23(17)32-31-22/h1,4,7,11,15-16,18-19H,2-3,5-6,8-10,12-14H2,(H,28,31,32)/t16-,18+,19+/m1/s1. The number of amides is 1. The van der Waals surface area contributed by atoms with Crippen molar-refractivity contribution in [2.75, 3.05) is 44.3 Å². The number of rotatable bonds is 6. The number of hydrogen-bond donors (Lipinski definition) is 1. The maximum absolute atomic E-state index is 13.8. The van der Waals surface area contributed by atoms with Gasteiger partial charge in [0, 0.05) is 49.0 Å². The topological polar surface area (TPSA) is 109 Å². The molecule has 0 spiro atoms. The van der Waals surface area contributed by atoms with Gasteiger partial charge in [0.15, 0.2) is 18.0 Å². The first kappa shape index (κ1) is 24.0. The Balaban J connectivity index is 1.20. The number of likely N-dealkylation sites (tertiary alicyclic amines) is 1. The number of hydrogen-bond acceptors (Lipinski definition) is 8. The Morgan fingerprint density at radius 1 is 1.16 bits per heavy atom. The van der Waals surface area contributed by atoms with Crippen LogP contribution in [-0.4, -0.2) is 93.8 Å². The number of ether oxygens (including phenoxy) is 2. The molecule has 10 nitrogen and oxygen atoms in total. The van der Waals surface area contributed by atoms with Crippen molar-refractivity contribution in [1.82, 2.24) is 30.0 Å². The van der Waals surface area contributed by atoms with Gasteiger partial charge in [0.1, 0.15) is 18.1 Å². The van der Waals surface area contributed by atoms with Gasteiger partial charge >= 0.3 is 6.01 Å².